The Morgan fingerprint density at radius 3 is 2.68 bits per heavy atom. The van der Waals surface area contributed by atoms with Gasteiger partial charge in [-0.25, -0.2) is 17.8 Å². The molecule has 0 fully saturated rings. The van der Waals surface area contributed by atoms with Crippen LogP contribution in [0.4, 0.5) is 5.69 Å². The van der Waals surface area contributed by atoms with Crippen molar-refractivity contribution in [2.24, 2.45) is 0 Å². The number of aryl methyl sites for hydroxylation is 1. The van der Waals surface area contributed by atoms with Crippen LogP contribution in [0.5, 0.6) is 0 Å². The Hall–Kier alpha value is -3.61. The number of anilines is 1. The number of nitrogens with one attached hydrogen (secondary N) is 2. The number of halogens is 1. The van der Waals surface area contributed by atoms with Crippen molar-refractivity contribution in [2.75, 3.05) is 18.5 Å². The molecule has 0 spiro atoms. The van der Waals surface area contributed by atoms with Gasteiger partial charge in [-0.3, -0.25) is 19.4 Å². The predicted octanol–water partition coefficient (Wildman–Crippen LogP) is 1.87. The number of esters is 1. The van der Waals surface area contributed by atoms with Crippen LogP contribution in [0, 0.1) is 6.92 Å². The first-order chi connectivity index (χ1) is 17.6. The number of aromatic nitrogens is 3. The van der Waals surface area contributed by atoms with Crippen LogP contribution in [0.1, 0.15) is 23.7 Å². The van der Waals surface area contributed by atoms with Crippen molar-refractivity contribution in [2.45, 2.75) is 38.1 Å². The Labute approximate surface area is 218 Å². The topological polar surface area (TPSA) is 149 Å². The van der Waals surface area contributed by atoms with Crippen LogP contribution in [-0.2, 0) is 43.7 Å². The number of hydrogen-bond acceptors (Lipinski definition) is 8. The molecule has 0 saturated carbocycles. The molecule has 0 radical (unpaired) electrons. The van der Waals surface area contributed by atoms with Gasteiger partial charge in [-0.15, -0.1) is 0 Å². The van der Waals surface area contributed by atoms with Gasteiger partial charge >= 0.3 is 5.97 Å². The largest absolute Gasteiger partial charge is 0.466 e. The lowest BCUT2D eigenvalue weighted by Crippen LogP contribution is -2.32. The Balaban J connectivity index is 1.70. The zero-order valence-corrected chi connectivity index (χ0v) is 21.8. The normalized spacial score (nSPS) is 11.2. The summed E-state index contributed by atoms with van der Waals surface area (Å²) in [5.74, 6) is -1.26. The van der Waals surface area contributed by atoms with E-state index in [1.165, 1.54) is 6.07 Å². The number of amides is 1. The minimum Gasteiger partial charge on any atom is -0.466 e. The van der Waals surface area contributed by atoms with Gasteiger partial charge in [0.1, 0.15) is 6.54 Å². The molecule has 1 aromatic carbocycles. The molecule has 0 saturated heterocycles. The fourth-order valence-corrected chi connectivity index (χ4v) is 4.87. The van der Waals surface area contributed by atoms with Gasteiger partial charge < -0.3 is 10.1 Å². The first kappa shape index (κ1) is 28.0. The van der Waals surface area contributed by atoms with Gasteiger partial charge in [-0.2, -0.15) is 5.10 Å². The van der Waals surface area contributed by atoms with Crippen LogP contribution in [0.25, 0.3) is 0 Å². The summed E-state index contributed by atoms with van der Waals surface area (Å²) >= 11 is 6.01. The van der Waals surface area contributed by atoms with E-state index in [4.69, 9.17) is 16.3 Å². The highest BCUT2D eigenvalue weighted by Gasteiger charge is 2.19. The van der Waals surface area contributed by atoms with Crippen molar-refractivity contribution < 1.29 is 22.7 Å². The minimum atomic E-state index is -3.87. The van der Waals surface area contributed by atoms with Crippen LogP contribution in [0.3, 0.4) is 0 Å². The smallest absolute Gasteiger partial charge is 0.310 e. The molecule has 0 bridgehead atoms. The number of carbonyl (C=O) groups excluding carboxylic acids is 2. The molecule has 37 heavy (non-hydrogen) atoms. The molecule has 2 aromatic heterocycles. The standard InChI is InChI=1S/C24H26ClN5O6S/c1-3-36-23(32)13-19-20(25)14-27-30(24(19)33)15-22(31)29-18-8-7-16(2)21(12-18)37(34,35)28-11-9-17-6-4-5-10-26-17/h4-8,10,12,14,28H,3,9,11,13,15H2,1-2H3,(H,29,31). The average molecular weight is 548 g/mol. The van der Waals surface area contributed by atoms with E-state index in [-0.39, 0.29) is 40.7 Å². The molecule has 0 aliphatic heterocycles. The third kappa shape index (κ3) is 7.68. The quantitative estimate of drug-likeness (QED) is 0.345. The van der Waals surface area contributed by atoms with Gasteiger partial charge in [0.25, 0.3) is 5.56 Å². The molecule has 13 heteroatoms. The summed E-state index contributed by atoms with van der Waals surface area (Å²) in [4.78, 5) is 41.3. The van der Waals surface area contributed by atoms with Crippen molar-refractivity contribution in [3.63, 3.8) is 0 Å². The highest BCUT2D eigenvalue weighted by Crippen LogP contribution is 2.20. The first-order valence-corrected chi connectivity index (χ1v) is 13.2. The predicted molar refractivity (Wildman–Crippen MR) is 137 cm³/mol. The zero-order valence-electron chi connectivity index (χ0n) is 20.2. The van der Waals surface area contributed by atoms with Crippen molar-refractivity contribution >= 4 is 39.2 Å². The molecule has 0 unspecified atom stereocenters. The highest BCUT2D eigenvalue weighted by molar-refractivity contribution is 7.89. The fourth-order valence-electron chi connectivity index (χ4n) is 3.38. The molecular formula is C24H26ClN5O6S. The van der Waals surface area contributed by atoms with Crippen LogP contribution in [0.15, 0.2) is 58.5 Å². The van der Waals surface area contributed by atoms with Gasteiger partial charge in [0, 0.05) is 30.5 Å². The summed E-state index contributed by atoms with van der Waals surface area (Å²) in [7, 11) is -3.87. The number of sulfonamides is 1. The summed E-state index contributed by atoms with van der Waals surface area (Å²) in [5, 5.41) is 6.41. The third-order valence-corrected chi connectivity index (χ3v) is 7.10. The van der Waals surface area contributed by atoms with Gasteiger partial charge in [0.2, 0.25) is 15.9 Å². The Morgan fingerprint density at radius 2 is 1.97 bits per heavy atom. The summed E-state index contributed by atoms with van der Waals surface area (Å²) < 4.78 is 34.0. The van der Waals surface area contributed by atoms with Crippen LogP contribution >= 0.6 is 11.6 Å². The Morgan fingerprint density at radius 1 is 1.19 bits per heavy atom. The molecular weight excluding hydrogens is 522 g/mol. The van der Waals surface area contributed by atoms with Crippen molar-refractivity contribution in [3.8, 4) is 0 Å². The summed E-state index contributed by atoms with van der Waals surface area (Å²) in [6.45, 7) is 3.08. The van der Waals surface area contributed by atoms with E-state index in [9.17, 15) is 22.8 Å². The van der Waals surface area contributed by atoms with E-state index >= 15 is 0 Å². The van der Waals surface area contributed by atoms with E-state index in [0.29, 0.717) is 12.0 Å². The lowest BCUT2D eigenvalue weighted by Gasteiger charge is -2.13. The SMILES string of the molecule is CCOC(=O)Cc1c(Cl)cnn(CC(=O)Nc2ccc(C)c(S(=O)(=O)NCCc3ccccn3)c2)c1=O. The molecule has 3 rings (SSSR count). The summed E-state index contributed by atoms with van der Waals surface area (Å²) in [5.41, 5.74) is 0.708. The summed E-state index contributed by atoms with van der Waals surface area (Å²) in [6, 6.07) is 9.84. The third-order valence-electron chi connectivity index (χ3n) is 5.17. The number of carbonyl (C=O) groups is 2. The Bertz CT molecular complexity index is 1440. The lowest BCUT2D eigenvalue weighted by atomic mass is 10.2. The number of ether oxygens (including phenoxy) is 1. The minimum absolute atomic E-state index is 0.00447. The molecule has 2 heterocycles. The van der Waals surface area contributed by atoms with Gasteiger partial charge in [-0.05, 0) is 43.7 Å². The average Bonchev–Trinajstić information content (AvgIpc) is 2.85. The van der Waals surface area contributed by atoms with Crippen molar-refractivity contribution in [3.05, 3.63) is 81.0 Å². The van der Waals surface area contributed by atoms with Gasteiger partial charge in [0.05, 0.1) is 34.7 Å². The molecule has 0 aliphatic rings. The van der Waals surface area contributed by atoms with E-state index in [2.05, 4.69) is 20.1 Å². The molecule has 3 aromatic rings. The molecule has 2 N–H and O–H groups in total. The maximum Gasteiger partial charge on any atom is 0.310 e. The van der Waals surface area contributed by atoms with Crippen molar-refractivity contribution in [1.82, 2.24) is 19.5 Å². The van der Waals surface area contributed by atoms with Gasteiger partial charge in [0.15, 0.2) is 0 Å². The second-order valence-corrected chi connectivity index (χ2v) is 10.1. The van der Waals surface area contributed by atoms with Crippen LogP contribution < -0.4 is 15.6 Å². The first-order valence-electron chi connectivity index (χ1n) is 11.3. The van der Waals surface area contributed by atoms with E-state index in [0.717, 1.165) is 16.6 Å². The number of rotatable bonds is 11. The fraction of sp³-hybridized carbons (Fsp3) is 0.292. The van der Waals surface area contributed by atoms with Crippen LogP contribution in [0.2, 0.25) is 5.02 Å². The molecule has 0 atom stereocenters. The Kier molecular flexibility index (Phi) is 9.50. The summed E-state index contributed by atoms with van der Waals surface area (Å²) in [6.07, 6.45) is 2.85. The maximum atomic E-state index is 12.9. The van der Waals surface area contributed by atoms with Crippen molar-refractivity contribution in [1.29, 1.82) is 0 Å². The second kappa shape index (κ2) is 12.6. The number of pyridine rings is 1. The molecule has 196 valence electrons. The zero-order chi connectivity index (χ0) is 27.0. The monoisotopic (exact) mass is 547 g/mol. The van der Waals surface area contributed by atoms with Gasteiger partial charge in [-0.1, -0.05) is 23.7 Å². The van der Waals surface area contributed by atoms with E-state index in [1.54, 1.807) is 44.3 Å². The lowest BCUT2D eigenvalue weighted by molar-refractivity contribution is -0.142. The molecule has 1 amide bonds. The molecule has 11 nitrogen and oxygen atoms in total. The highest BCUT2D eigenvalue weighted by atomic mass is 35.5. The maximum absolute atomic E-state index is 12.9. The second-order valence-electron chi connectivity index (χ2n) is 7.91. The number of benzene rings is 1. The number of hydrogen-bond donors (Lipinski definition) is 2. The van der Waals surface area contributed by atoms with E-state index in [1.807, 2.05) is 6.07 Å². The number of nitrogens with zero attached hydrogens (tertiary/aromatic N) is 3. The van der Waals surface area contributed by atoms with E-state index < -0.39 is 34.0 Å². The molecule has 0 aliphatic carbocycles. The van der Waals surface area contributed by atoms with Crippen LogP contribution in [-0.4, -0.2) is 48.2 Å².